The molecule has 104 valence electrons. The van der Waals surface area contributed by atoms with E-state index < -0.39 is 0 Å². The molecule has 3 aliphatic rings. The summed E-state index contributed by atoms with van der Waals surface area (Å²) in [6, 6.07) is 7.34. The van der Waals surface area contributed by atoms with E-state index in [2.05, 4.69) is 6.92 Å². The van der Waals surface area contributed by atoms with Crippen LogP contribution >= 0.6 is 0 Å². The second-order valence-electron chi connectivity index (χ2n) is 7.08. The summed E-state index contributed by atoms with van der Waals surface area (Å²) < 4.78 is 0. The van der Waals surface area contributed by atoms with Crippen molar-refractivity contribution >= 4 is 11.6 Å². The predicted octanol–water partition coefficient (Wildman–Crippen LogP) is 3.75. The highest BCUT2D eigenvalue weighted by Crippen LogP contribution is 2.52. The number of ketones is 2. The maximum absolute atomic E-state index is 12.6. The molecule has 0 heterocycles. The SMILES string of the molecule is CC1CC2CC(C3C(=O)c4ccccc4C3=O)CC2C1. The molecule has 2 saturated carbocycles. The van der Waals surface area contributed by atoms with Crippen LogP contribution in [0.5, 0.6) is 0 Å². The largest absolute Gasteiger partial charge is 0.293 e. The Morgan fingerprint density at radius 1 is 0.800 bits per heavy atom. The van der Waals surface area contributed by atoms with Gasteiger partial charge in [0.25, 0.3) is 0 Å². The van der Waals surface area contributed by atoms with Gasteiger partial charge in [-0.25, -0.2) is 0 Å². The fraction of sp³-hybridized carbons (Fsp3) is 0.556. The van der Waals surface area contributed by atoms with Gasteiger partial charge in [0.05, 0.1) is 5.92 Å². The van der Waals surface area contributed by atoms with E-state index >= 15 is 0 Å². The maximum Gasteiger partial charge on any atom is 0.174 e. The molecule has 0 amide bonds. The number of carbonyl (C=O) groups is 2. The summed E-state index contributed by atoms with van der Waals surface area (Å²) in [6.45, 7) is 2.33. The lowest BCUT2D eigenvalue weighted by molar-refractivity contribution is 0.0780. The Kier molecular flexibility index (Phi) is 2.63. The molecule has 0 radical (unpaired) electrons. The van der Waals surface area contributed by atoms with Gasteiger partial charge in [-0.2, -0.15) is 0 Å². The van der Waals surface area contributed by atoms with E-state index in [1.54, 1.807) is 0 Å². The van der Waals surface area contributed by atoms with Crippen molar-refractivity contribution in [3.8, 4) is 0 Å². The van der Waals surface area contributed by atoms with Crippen LogP contribution in [-0.4, -0.2) is 11.6 Å². The molecule has 2 unspecified atom stereocenters. The van der Waals surface area contributed by atoms with Crippen LogP contribution in [-0.2, 0) is 0 Å². The minimum Gasteiger partial charge on any atom is -0.293 e. The zero-order valence-corrected chi connectivity index (χ0v) is 11.8. The van der Waals surface area contributed by atoms with Crippen molar-refractivity contribution in [3.63, 3.8) is 0 Å². The number of Topliss-reactive ketones (excluding diaryl/α,β-unsaturated/α-hetero) is 2. The zero-order valence-electron chi connectivity index (χ0n) is 11.8. The lowest BCUT2D eigenvalue weighted by Crippen LogP contribution is -2.24. The second-order valence-corrected chi connectivity index (χ2v) is 7.08. The number of hydrogen-bond donors (Lipinski definition) is 0. The van der Waals surface area contributed by atoms with Crippen molar-refractivity contribution in [2.45, 2.75) is 32.6 Å². The predicted molar refractivity (Wildman–Crippen MR) is 76.7 cm³/mol. The molecule has 2 fully saturated rings. The topological polar surface area (TPSA) is 34.1 Å². The first-order valence-corrected chi connectivity index (χ1v) is 7.82. The fourth-order valence-electron chi connectivity index (χ4n) is 5.03. The number of hydrogen-bond acceptors (Lipinski definition) is 2. The van der Waals surface area contributed by atoms with Crippen molar-refractivity contribution in [2.75, 3.05) is 0 Å². The maximum atomic E-state index is 12.6. The van der Waals surface area contributed by atoms with E-state index in [1.165, 1.54) is 12.8 Å². The minimum absolute atomic E-state index is 0.0867. The third-order valence-corrected chi connectivity index (χ3v) is 5.78. The highest BCUT2D eigenvalue weighted by Gasteiger charge is 2.49. The summed E-state index contributed by atoms with van der Waals surface area (Å²) >= 11 is 0. The highest BCUT2D eigenvalue weighted by atomic mass is 16.2. The fourth-order valence-corrected chi connectivity index (χ4v) is 5.03. The summed E-state index contributed by atoms with van der Waals surface area (Å²) in [5.41, 5.74) is 1.32. The van der Waals surface area contributed by atoms with E-state index in [0.29, 0.717) is 17.0 Å². The molecule has 2 heteroatoms. The first-order chi connectivity index (χ1) is 9.65. The molecule has 3 aliphatic carbocycles. The Bertz CT molecular complexity index is 540. The minimum atomic E-state index is -0.367. The van der Waals surface area contributed by atoms with Crippen LogP contribution in [0.2, 0.25) is 0 Å². The number of rotatable bonds is 1. The molecule has 1 aromatic carbocycles. The standard InChI is InChI=1S/C18H20O2/c1-10-6-11-8-13(9-12(11)7-10)16-17(19)14-4-2-3-5-15(14)18(16)20/h2-5,10-13,16H,6-9H2,1H3. The van der Waals surface area contributed by atoms with E-state index in [-0.39, 0.29) is 17.5 Å². The third kappa shape index (κ3) is 1.63. The average Bonchev–Trinajstić information content (AvgIpc) is 3.02. The van der Waals surface area contributed by atoms with Gasteiger partial charge in [0, 0.05) is 11.1 Å². The van der Waals surface area contributed by atoms with Crippen molar-refractivity contribution in [1.82, 2.24) is 0 Å². The smallest absolute Gasteiger partial charge is 0.174 e. The number of carbonyl (C=O) groups excluding carboxylic acids is 2. The lowest BCUT2D eigenvalue weighted by Gasteiger charge is -2.17. The molecule has 1 aromatic rings. The molecule has 0 spiro atoms. The number of fused-ring (bicyclic) bond motifs is 2. The van der Waals surface area contributed by atoms with Gasteiger partial charge in [-0.1, -0.05) is 31.2 Å². The summed E-state index contributed by atoms with van der Waals surface area (Å²) in [5, 5.41) is 0. The summed E-state index contributed by atoms with van der Waals surface area (Å²) in [6.07, 6.45) is 4.77. The molecule has 0 bridgehead atoms. The van der Waals surface area contributed by atoms with Gasteiger partial charge in [-0.3, -0.25) is 9.59 Å². The van der Waals surface area contributed by atoms with Gasteiger partial charge in [-0.05, 0) is 49.4 Å². The van der Waals surface area contributed by atoms with Gasteiger partial charge in [0.2, 0.25) is 0 Å². The Balaban J connectivity index is 1.60. The van der Waals surface area contributed by atoms with E-state index in [0.717, 1.165) is 30.6 Å². The van der Waals surface area contributed by atoms with Crippen LogP contribution in [0.1, 0.15) is 53.3 Å². The van der Waals surface area contributed by atoms with Crippen LogP contribution in [0.25, 0.3) is 0 Å². The molecule has 0 N–H and O–H groups in total. The molecule has 0 aliphatic heterocycles. The first kappa shape index (κ1) is 12.3. The van der Waals surface area contributed by atoms with E-state index in [9.17, 15) is 9.59 Å². The second kappa shape index (κ2) is 4.28. The first-order valence-electron chi connectivity index (χ1n) is 7.82. The lowest BCUT2D eigenvalue weighted by atomic mass is 9.84. The third-order valence-electron chi connectivity index (χ3n) is 5.78. The molecule has 0 aromatic heterocycles. The van der Waals surface area contributed by atoms with Crippen molar-refractivity contribution < 1.29 is 9.59 Å². The Labute approximate surface area is 119 Å². The summed E-state index contributed by atoms with van der Waals surface area (Å²) in [5.74, 6) is 2.46. The monoisotopic (exact) mass is 268 g/mol. The van der Waals surface area contributed by atoms with Crippen LogP contribution in [0.3, 0.4) is 0 Å². The Morgan fingerprint density at radius 3 is 1.80 bits per heavy atom. The molecule has 4 rings (SSSR count). The zero-order chi connectivity index (χ0) is 13.9. The molecular formula is C18H20O2. The Morgan fingerprint density at radius 2 is 1.30 bits per heavy atom. The van der Waals surface area contributed by atoms with Gasteiger partial charge in [0.1, 0.15) is 0 Å². The summed E-state index contributed by atoms with van der Waals surface area (Å²) in [7, 11) is 0. The van der Waals surface area contributed by atoms with Gasteiger partial charge >= 0.3 is 0 Å². The molecular weight excluding hydrogens is 248 g/mol. The number of benzene rings is 1. The van der Waals surface area contributed by atoms with E-state index in [4.69, 9.17) is 0 Å². The van der Waals surface area contributed by atoms with Crippen LogP contribution in [0.4, 0.5) is 0 Å². The van der Waals surface area contributed by atoms with Gasteiger partial charge in [0.15, 0.2) is 11.6 Å². The van der Waals surface area contributed by atoms with Gasteiger partial charge < -0.3 is 0 Å². The normalized spacial score (nSPS) is 36.5. The highest BCUT2D eigenvalue weighted by molar-refractivity contribution is 6.26. The molecule has 20 heavy (non-hydrogen) atoms. The van der Waals surface area contributed by atoms with E-state index in [1.807, 2.05) is 24.3 Å². The van der Waals surface area contributed by atoms with Crippen LogP contribution < -0.4 is 0 Å². The average molecular weight is 268 g/mol. The Hall–Kier alpha value is -1.44. The van der Waals surface area contributed by atoms with Crippen molar-refractivity contribution in [2.24, 2.45) is 29.6 Å². The quantitative estimate of drug-likeness (QED) is 0.727. The van der Waals surface area contributed by atoms with Crippen LogP contribution in [0, 0.1) is 29.6 Å². The molecule has 0 saturated heterocycles. The van der Waals surface area contributed by atoms with Crippen molar-refractivity contribution in [3.05, 3.63) is 35.4 Å². The van der Waals surface area contributed by atoms with Crippen LogP contribution in [0.15, 0.2) is 24.3 Å². The van der Waals surface area contributed by atoms with Crippen molar-refractivity contribution in [1.29, 1.82) is 0 Å². The molecule has 2 atom stereocenters. The molecule has 2 nitrogen and oxygen atoms in total. The summed E-state index contributed by atoms with van der Waals surface area (Å²) in [4.78, 5) is 25.1. The van der Waals surface area contributed by atoms with Gasteiger partial charge in [-0.15, -0.1) is 0 Å².